The van der Waals surface area contributed by atoms with Crippen LogP contribution in [-0.2, 0) is 5.48 Å². The first-order valence-electron chi connectivity index (χ1n) is 0. The zero-order valence-electron chi connectivity index (χ0n) is 2.49. The Morgan fingerprint density at radius 3 is 1.00 bits per heavy atom. The standard InChI is InChI=1S/BrH.Ca.Li.O/h1H;;;/q;+2;+1;-2/p-1. The van der Waals surface area contributed by atoms with Crippen LogP contribution in [0.15, 0.2) is 0 Å². The van der Waals surface area contributed by atoms with Crippen molar-refractivity contribution in [2.75, 3.05) is 0 Å². The summed E-state index contributed by atoms with van der Waals surface area (Å²) < 4.78 is 0. The average Bonchev–Trinajstić information content (AvgIpc) is 0. The summed E-state index contributed by atoms with van der Waals surface area (Å²) in [7, 11) is 0. The predicted molar refractivity (Wildman–Crippen MR) is 6.44 cm³/mol. The van der Waals surface area contributed by atoms with Crippen LogP contribution >= 0.6 is 0 Å². The minimum absolute atomic E-state index is 0. The van der Waals surface area contributed by atoms with Crippen molar-refractivity contribution < 1.29 is 41.3 Å². The second-order valence-electron chi connectivity index (χ2n) is 0. The summed E-state index contributed by atoms with van der Waals surface area (Å²) in [4.78, 5) is 0. The molecule has 0 bridgehead atoms. The van der Waals surface area contributed by atoms with Crippen molar-refractivity contribution in [2.45, 2.75) is 0 Å². The molecule has 0 aromatic carbocycles. The van der Waals surface area contributed by atoms with E-state index < -0.39 is 0 Å². The van der Waals surface area contributed by atoms with Crippen LogP contribution in [0.5, 0.6) is 0 Å². The maximum absolute atomic E-state index is 0. The van der Waals surface area contributed by atoms with Crippen molar-refractivity contribution >= 4 is 37.7 Å². The van der Waals surface area contributed by atoms with Crippen molar-refractivity contribution in [3.05, 3.63) is 0 Å². The third-order valence-electron chi connectivity index (χ3n) is 0. The quantitative estimate of drug-likeness (QED) is 0.302. The monoisotopic (exact) mass is 142 g/mol. The van der Waals surface area contributed by atoms with Gasteiger partial charge in [0.25, 0.3) is 0 Å². The van der Waals surface area contributed by atoms with Gasteiger partial charge in [0.1, 0.15) is 0 Å². The molecule has 0 aliphatic heterocycles. The summed E-state index contributed by atoms with van der Waals surface area (Å²) in [6.07, 6.45) is 0. The summed E-state index contributed by atoms with van der Waals surface area (Å²) >= 11 is 0. The molecule has 0 spiro atoms. The Morgan fingerprint density at radius 1 is 1.00 bits per heavy atom. The molecule has 0 rings (SSSR count). The maximum atomic E-state index is 0. The molecule has 0 saturated heterocycles. The molecule has 0 N–H and O–H groups in total. The second-order valence-corrected chi connectivity index (χ2v) is 0. The Bertz CT molecular complexity index is 8.00. The molecule has 0 aliphatic carbocycles. The Kier molecular flexibility index (Phi) is 155. The topological polar surface area (TPSA) is 28.5 Å². The Labute approximate surface area is 77.8 Å². The molecule has 0 amide bonds. The minimum Gasteiger partial charge on any atom is -2.00 e. The van der Waals surface area contributed by atoms with Gasteiger partial charge in [-0.25, -0.2) is 0 Å². The van der Waals surface area contributed by atoms with E-state index in [1.165, 1.54) is 0 Å². The SMILES string of the molecule is [Br-].[Ca+2].[Li+].[O-2]. The van der Waals surface area contributed by atoms with Crippen LogP contribution in [0, 0.1) is 0 Å². The first kappa shape index (κ1) is 33.5. The zero-order valence-corrected chi connectivity index (χ0v) is 6.29. The van der Waals surface area contributed by atoms with Gasteiger partial charge in [-0.2, -0.15) is 0 Å². The van der Waals surface area contributed by atoms with Crippen molar-refractivity contribution in [3.8, 4) is 0 Å². The number of halogens is 1. The molecule has 0 saturated carbocycles. The minimum atomic E-state index is 0. The smallest absolute Gasteiger partial charge is 2.00 e. The van der Waals surface area contributed by atoms with E-state index in [9.17, 15) is 0 Å². The van der Waals surface area contributed by atoms with E-state index in [2.05, 4.69) is 0 Å². The van der Waals surface area contributed by atoms with Crippen molar-refractivity contribution in [3.63, 3.8) is 0 Å². The average molecular weight is 143 g/mol. The molecule has 1 nitrogen and oxygen atoms in total. The van der Waals surface area contributed by atoms with Gasteiger partial charge in [-0.3, -0.25) is 0 Å². The Balaban J connectivity index is 0. The molecule has 0 heterocycles. The van der Waals surface area contributed by atoms with E-state index in [0.29, 0.717) is 0 Å². The molecule has 0 aliphatic rings. The first-order valence-corrected chi connectivity index (χ1v) is 0. The molecule has 0 atom stereocenters. The van der Waals surface area contributed by atoms with Gasteiger partial charge in [0, 0.05) is 0 Å². The van der Waals surface area contributed by atoms with Gasteiger partial charge in [-0.05, 0) is 0 Å². The molecule has 0 aromatic rings. The molecule has 4 heavy (non-hydrogen) atoms. The molecular formula is BrCaLiO. The van der Waals surface area contributed by atoms with E-state index in [1.807, 2.05) is 0 Å². The number of hydrogen-bond acceptors (Lipinski definition) is 0. The van der Waals surface area contributed by atoms with Gasteiger partial charge in [0.2, 0.25) is 0 Å². The summed E-state index contributed by atoms with van der Waals surface area (Å²) in [6.45, 7) is 0. The van der Waals surface area contributed by atoms with Gasteiger partial charge < -0.3 is 22.5 Å². The van der Waals surface area contributed by atoms with Crippen molar-refractivity contribution in [2.24, 2.45) is 0 Å². The third-order valence-corrected chi connectivity index (χ3v) is 0. The van der Waals surface area contributed by atoms with Gasteiger partial charge in [-0.1, -0.05) is 0 Å². The van der Waals surface area contributed by atoms with Gasteiger partial charge >= 0.3 is 56.6 Å². The van der Waals surface area contributed by atoms with E-state index in [4.69, 9.17) is 0 Å². The fourth-order valence-corrected chi connectivity index (χ4v) is 0. The second kappa shape index (κ2) is 18.5. The van der Waals surface area contributed by atoms with Crippen molar-refractivity contribution in [1.82, 2.24) is 0 Å². The molecular weight excluding hydrogens is 143 g/mol. The normalized spacial score (nSPS) is 0. The number of hydrogen-bond donors (Lipinski definition) is 0. The fraction of sp³-hybridized carbons (Fsp3) is 0. The molecule has 0 radical (unpaired) electrons. The first-order chi connectivity index (χ1) is 0. The molecule has 4 heteroatoms. The molecule has 0 unspecified atom stereocenters. The Morgan fingerprint density at radius 2 is 1.00 bits per heavy atom. The predicted octanol–water partition coefficient (Wildman–Crippen LogP) is -6.49. The van der Waals surface area contributed by atoms with Crippen LogP contribution in [0.1, 0.15) is 0 Å². The molecule has 0 fully saturated rings. The molecule has 0 aromatic heterocycles. The molecule has 16 valence electrons. The maximum Gasteiger partial charge on any atom is 2.00 e. The fourth-order valence-electron chi connectivity index (χ4n) is 0. The van der Waals surface area contributed by atoms with Crippen LogP contribution in [0.25, 0.3) is 0 Å². The van der Waals surface area contributed by atoms with Crippen LogP contribution in [0.4, 0.5) is 0 Å². The van der Waals surface area contributed by atoms with Crippen molar-refractivity contribution in [1.29, 1.82) is 0 Å². The van der Waals surface area contributed by atoms with E-state index in [-0.39, 0.29) is 79.1 Å². The van der Waals surface area contributed by atoms with Crippen LogP contribution < -0.4 is 35.8 Å². The zero-order chi connectivity index (χ0) is 0. The van der Waals surface area contributed by atoms with E-state index in [0.717, 1.165) is 0 Å². The van der Waals surface area contributed by atoms with Gasteiger partial charge in [0.05, 0.1) is 0 Å². The Hall–Kier alpha value is 2.30. The third kappa shape index (κ3) is 8.85. The van der Waals surface area contributed by atoms with E-state index in [1.54, 1.807) is 0 Å². The van der Waals surface area contributed by atoms with Crippen LogP contribution in [0.2, 0.25) is 0 Å². The van der Waals surface area contributed by atoms with E-state index >= 15 is 0 Å². The summed E-state index contributed by atoms with van der Waals surface area (Å²) in [5.41, 5.74) is 0. The van der Waals surface area contributed by atoms with Gasteiger partial charge in [0.15, 0.2) is 0 Å². The summed E-state index contributed by atoms with van der Waals surface area (Å²) in [5, 5.41) is 0. The van der Waals surface area contributed by atoms with Gasteiger partial charge in [-0.15, -0.1) is 0 Å². The summed E-state index contributed by atoms with van der Waals surface area (Å²) in [5.74, 6) is 0. The van der Waals surface area contributed by atoms with Crippen LogP contribution in [-0.4, -0.2) is 37.7 Å². The number of rotatable bonds is 0. The summed E-state index contributed by atoms with van der Waals surface area (Å²) in [6, 6.07) is 0. The van der Waals surface area contributed by atoms with Crippen LogP contribution in [0.3, 0.4) is 0 Å². The largest absolute Gasteiger partial charge is 2.00 e.